The van der Waals surface area contributed by atoms with E-state index in [2.05, 4.69) is 58.1 Å². The summed E-state index contributed by atoms with van der Waals surface area (Å²) in [6.45, 7) is 1.60. The Morgan fingerprint density at radius 1 is 0.833 bits per heavy atom. The first-order valence-corrected chi connectivity index (χ1v) is 10.8. The Hall–Kier alpha value is -3.41. The molecule has 148 valence electrons. The minimum atomic E-state index is 0.796. The van der Waals surface area contributed by atoms with Gasteiger partial charge in [0.25, 0.3) is 0 Å². The van der Waals surface area contributed by atoms with Gasteiger partial charge < -0.3 is 16.0 Å². The molecule has 2 aromatic heterocycles. The van der Waals surface area contributed by atoms with Gasteiger partial charge in [-0.2, -0.15) is 0 Å². The highest BCUT2D eigenvalue weighted by Gasteiger charge is 2.09. The average molecular weight is 411 g/mol. The van der Waals surface area contributed by atoms with E-state index >= 15 is 0 Å². The van der Waals surface area contributed by atoms with Crippen molar-refractivity contribution >= 4 is 28.1 Å². The number of hydrogen-bond donors (Lipinski definition) is 3. The minimum Gasteiger partial charge on any atom is -0.399 e. The number of imidazole rings is 1. The molecule has 5 rings (SSSR count). The Kier molecular flexibility index (Phi) is 5.05. The maximum atomic E-state index is 5.86. The predicted octanol–water partition coefficient (Wildman–Crippen LogP) is 5.83. The summed E-state index contributed by atoms with van der Waals surface area (Å²) < 4.78 is 0. The van der Waals surface area contributed by atoms with E-state index in [9.17, 15) is 0 Å². The molecular weight excluding hydrogens is 388 g/mol. The van der Waals surface area contributed by atoms with Crippen molar-refractivity contribution in [2.45, 2.75) is 13.1 Å². The van der Waals surface area contributed by atoms with Crippen molar-refractivity contribution in [1.29, 1.82) is 0 Å². The Balaban J connectivity index is 1.30. The number of para-hydroxylation sites is 2. The van der Waals surface area contributed by atoms with Crippen molar-refractivity contribution in [2.75, 3.05) is 5.73 Å². The average Bonchev–Trinajstić information content (AvgIpc) is 3.41. The van der Waals surface area contributed by atoms with Crippen molar-refractivity contribution in [3.8, 4) is 21.8 Å². The lowest BCUT2D eigenvalue weighted by Gasteiger charge is -2.07. The highest BCUT2D eigenvalue weighted by atomic mass is 32.1. The maximum absolute atomic E-state index is 5.86. The summed E-state index contributed by atoms with van der Waals surface area (Å²) >= 11 is 1.71. The molecule has 5 aromatic rings. The van der Waals surface area contributed by atoms with Crippen LogP contribution in [0, 0.1) is 0 Å². The van der Waals surface area contributed by atoms with Gasteiger partial charge in [0.2, 0.25) is 0 Å². The van der Waals surface area contributed by atoms with E-state index in [1.54, 1.807) is 11.3 Å². The monoisotopic (exact) mass is 410 g/mol. The second-order valence-corrected chi connectivity index (χ2v) is 8.26. The molecular formula is C25H22N4S. The molecule has 0 radical (unpaired) electrons. The van der Waals surface area contributed by atoms with Gasteiger partial charge in [-0.3, -0.25) is 0 Å². The first kappa shape index (κ1) is 18.6. The van der Waals surface area contributed by atoms with Crippen molar-refractivity contribution in [1.82, 2.24) is 15.3 Å². The summed E-state index contributed by atoms with van der Waals surface area (Å²) in [5, 5.41) is 5.70. The molecule has 0 fully saturated rings. The van der Waals surface area contributed by atoms with Gasteiger partial charge in [0.05, 0.1) is 15.9 Å². The molecule has 4 N–H and O–H groups in total. The highest BCUT2D eigenvalue weighted by Crippen LogP contribution is 2.32. The molecule has 30 heavy (non-hydrogen) atoms. The number of rotatable bonds is 6. The SMILES string of the molecule is Nc1cccc(CNCc2cccc(-c3csc(-c4nc5ccccc5[nH]4)c3)c2)c1. The Morgan fingerprint density at radius 3 is 2.47 bits per heavy atom. The Morgan fingerprint density at radius 2 is 1.63 bits per heavy atom. The fourth-order valence-corrected chi connectivity index (χ4v) is 4.46. The fraction of sp³-hybridized carbons (Fsp3) is 0.0800. The van der Waals surface area contributed by atoms with E-state index in [1.807, 2.05) is 36.4 Å². The van der Waals surface area contributed by atoms with Gasteiger partial charge in [0.1, 0.15) is 5.82 Å². The number of fused-ring (bicyclic) bond motifs is 1. The van der Waals surface area contributed by atoms with E-state index in [0.717, 1.165) is 40.5 Å². The van der Waals surface area contributed by atoms with E-state index in [1.165, 1.54) is 22.3 Å². The van der Waals surface area contributed by atoms with Crippen LogP contribution in [0.15, 0.2) is 84.2 Å². The smallest absolute Gasteiger partial charge is 0.148 e. The number of anilines is 1. The molecule has 0 amide bonds. The number of benzene rings is 3. The summed E-state index contributed by atoms with van der Waals surface area (Å²) in [4.78, 5) is 9.28. The lowest BCUT2D eigenvalue weighted by molar-refractivity contribution is 0.694. The molecule has 0 bridgehead atoms. The molecule has 4 nitrogen and oxygen atoms in total. The minimum absolute atomic E-state index is 0.796. The first-order valence-electron chi connectivity index (χ1n) is 9.93. The summed E-state index contributed by atoms with van der Waals surface area (Å²) in [7, 11) is 0. The number of nitrogens with zero attached hydrogens (tertiary/aromatic N) is 1. The Labute approximate surface area is 179 Å². The van der Waals surface area contributed by atoms with Crippen LogP contribution in [0.25, 0.3) is 32.9 Å². The molecule has 0 unspecified atom stereocenters. The van der Waals surface area contributed by atoms with E-state index in [4.69, 9.17) is 10.7 Å². The zero-order valence-corrected chi connectivity index (χ0v) is 17.2. The zero-order valence-electron chi connectivity index (χ0n) is 16.4. The van der Waals surface area contributed by atoms with Crippen molar-refractivity contribution in [3.05, 3.63) is 95.4 Å². The van der Waals surface area contributed by atoms with Crippen molar-refractivity contribution < 1.29 is 0 Å². The molecule has 0 aliphatic carbocycles. The normalized spacial score (nSPS) is 11.2. The van der Waals surface area contributed by atoms with Crippen LogP contribution in [0.5, 0.6) is 0 Å². The van der Waals surface area contributed by atoms with Crippen LogP contribution >= 0.6 is 11.3 Å². The third-order valence-electron chi connectivity index (χ3n) is 5.09. The number of nitrogens with two attached hydrogens (primary N) is 1. The van der Waals surface area contributed by atoms with E-state index in [-0.39, 0.29) is 0 Å². The standard InChI is InChI=1S/C25H22N4S/c26-21-8-4-6-18(12-21)15-27-14-17-5-3-7-19(11-17)20-13-24(30-16-20)25-28-22-9-1-2-10-23(22)29-25/h1-13,16,27H,14-15,26H2,(H,28,29). The largest absolute Gasteiger partial charge is 0.399 e. The predicted molar refractivity (Wildman–Crippen MR) is 126 cm³/mol. The van der Waals surface area contributed by atoms with Crippen LogP contribution in [0.1, 0.15) is 11.1 Å². The van der Waals surface area contributed by atoms with Gasteiger partial charge in [0.15, 0.2) is 0 Å². The van der Waals surface area contributed by atoms with E-state index < -0.39 is 0 Å². The number of aromatic amines is 1. The molecule has 0 atom stereocenters. The van der Waals surface area contributed by atoms with Gasteiger partial charge in [-0.1, -0.05) is 42.5 Å². The van der Waals surface area contributed by atoms with Crippen LogP contribution in [-0.2, 0) is 13.1 Å². The van der Waals surface area contributed by atoms with Crippen LogP contribution in [0.3, 0.4) is 0 Å². The number of aromatic nitrogens is 2. The van der Waals surface area contributed by atoms with Crippen molar-refractivity contribution in [3.63, 3.8) is 0 Å². The zero-order chi connectivity index (χ0) is 20.3. The number of nitrogens with one attached hydrogen (secondary N) is 2. The van der Waals surface area contributed by atoms with Crippen LogP contribution in [-0.4, -0.2) is 9.97 Å². The molecule has 5 heteroatoms. The quantitative estimate of drug-likeness (QED) is 0.309. The first-order chi connectivity index (χ1) is 14.7. The van der Waals surface area contributed by atoms with Crippen molar-refractivity contribution in [2.24, 2.45) is 0 Å². The summed E-state index contributed by atoms with van der Waals surface area (Å²) in [6, 6.07) is 27.0. The number of H-pyrrole nitrogens is 1. The number of thiophene rings is 1. The highest BCUT2D eigenvalue weighted by molar-refractivity contribution is 7.13. The molecule has 0 spiro atoms. The topological polar surface area (TPSA) is 66.7 Å². The molecule has 0 saturated carbocycles. The number of hydrogen-bond acceptors (Lipinski definition) is 4. The maximum Gasteiger partial charge on any atom is 0.148 e. The molecule has 2 heterocycles. The molecule has 0 aliphatic heterocycles. The fourth-order valence-electron chi connectivity index (χ4n) is 3.60. The van der Waals surface area contributed by atoms with E-state index in [0.29, 0.717) is 0 Å². The molecule has 0 aliphatic rings. The molecule has 3 aromatic carbocycles. The van der Waals surface area contributed by atoms with Gasteiger partial charge in [-0.15, -0.1) is 11.3 Å². The third-order valence-corrected chi connectivity index (χ3v) is 6.03. The Bertz CT molecular complexity index is 1270. The second kappa shape index (κ2) is 8.14. The summed E-state index contributed by atoms with van der Waals surface area (Å²) in [5.74, 6) is 0.924. The van der Waals surface area contributed by atoms with Crippen LogP contribution in [0.2, 0.25) is 0 Å². The van der Waals surface area contributed by atoms with Crippen LogP contribution < -0.4 is 11.1 Å². The number of nitrogen functional groups attached to an aromatic ring is 1. The van der Waals surface area contributed by atoms with Gasteiger partial charge in [-0.25, -0.2) is 4.98 Å². The van der Waals surface area contributed by atoms with Crippen LogP contribution in [0.4, 0.5) is 5.69 Å². The summed E-state index contributed by atoms with van der Waals surface area (Å²) in [5.41, 5.74) is 13.6. The third kappa shape index (κ3) is 3.99. The summed E-state index contributed by atoms with van der Waals surface area (Å²) in [6.07, 6.45) is 0. The lowest BCUT2D eigenvalue weighted by Crippen LogP contribution is -2.12. The van der Waals surface area contributed by atoms with Gasteiger partial charge in [0, 0.05) is 18.8 Å². The lowest BCUT2D eigenvalue weighted by atomic mass is 10.1. The molecule has 0 saturated heterocycles. The van der Waals surface area contributed by atoms with Gasteiger partial charge >= 0.3 is 0 Å². The van der Waals surface area contributed by atoms with Gasteiger partial charge in [-0.05, 0) is 64.0 Å². The second-order valence-electron chi connectivity index (χ2n) is 7.35.